The molecular weight excluding hydrogens is 344 g/mol. The molecule has 5 unspecified atom stereocenters. The summed E-state index contributed by atoms with van der Waals surface area (Å²) in [5.41, 5.74) is 2.17. The summed E-state index contributed by atoms with van der Waals surface area (Å²) in [6, 6.07) is 20.0. The number of benzene rings is 2. The van der Waals surface area contributed by atoms with Crippen molar-refractivity contribution in [2.45, 2.75) is 44.7 Å². The topological polar surface area (TPSA) is 57.2 Å². The lowest BCUT2D eigenvalue weighted by Crippen LogP contribution is -2.57. The number of aliphatic hydroxyl groups excluding tert-OH is 1. The highest BCUT2D eigenvalue weighted by Gasteiger charge is 2.45. The van der Waals surface area contributed by atoms with Gasteiger partial charge in [-0.1, -0.05) is 67.6 Å². The molecule has 1 heterocycles. The van der Waals surface area contributed by atoms with Gasteiger partial charge in [0.2, 0.25) is 0 Å². The second kappa shape index (κ2) is 9.97. The van der Waals surface area contributed by atoms with Gasteiger partial charge in [-0.2, -0.15) is 0 Å². The summed E-state index contributed by atoms with van der Waals surface area (Å²) in [5.74, 6) is -0.0362. The smallest absolute Gasteiger partial charge is 0.186 e. The van der Waals surface area contributed by atoms with Gasteiger partial charge in [-0.15, -0.1) is 0 Å². The maximum Gasteiger partial charge on any atom is 0.186 e. The summed E-state index contributed by atoms with van der Waals surface area (Å²) < 4.78 is 23.9. The van der Waals surface area contributed by atoms with Gasteiger partial charge in [0.05, 0.1) is 32.0 Å². The van der Waals surface area contributed by atoms with E-state index >= 15 is 0 Å². The van der Waals surface area contributed by atoms with Gasteiger partial charge in [0, 0.05) is 13.0 Å². The Hall–Kier alpha value is -1.76. The Morgan fingerprint density at radius 3 is 1.85 bits per heavy atom. The second-order valence-corrected chi connectivity index (χ2v) is 6.84. The van der Waals surface area contributed by atoms with E-state index < -0.39 is 12.4 Å². The Bertz CT molecular complexity index is 663. The minimum absolute atomic E-state index is 0.0362. The molecule has 1 N–H and O–H groups in total. The van der Waals surface area contributed by atoms with E-state index in [4.69, 9.17) is 18.9 Å². The normalized spacial score (nSPS) is 28.2. The molecule has 0 aromatic heterocycles. The first kappa shape index (κ1) is 20.0. The van der Waals surface area contributed by atoms with E-state index in [2.05, 4.69) is 0 Å². The second-order valence-electron chi connectivity index (χ2n) is 6.84. The van der Waals surface area contributed by atoms with Crippen LogP contribution in [0.3, 0.4) is 0 Å². The van der Waals surface area contributed by atoms with Crippen LogP contribution in [0.4, 0.5) is 0 Å². The van der Waals surface area contributed by atoms with E-state index in [-0.39, 0.29) is 24.7 Å². The number of hydrogen-bond acceptors (Lipinski definition) is 5. The first-order valence-corrected chi connectivity index (χ1v) is 9.33. The summed E-state index contributed by atoms with van der Waals surface area (Å²) in [7, 11) is 1.59. The highest BCUT2D eigenvalue weighted by molar-refractivity contribution is 5.14. The Morgan fingerprint density at radius 1 is 0.852 bits per heavy atom. The van der Waals surface area contributed by atoms with Crippen LogP contribution in [0.15, 0.2) is 60.7 Å². The Morgan fingerprint density at radius 2 is 1.37 bits per heavy atom. The van der Waals surface area contributed by atoms with E-state index in [1.54, 1.807) is 7.11 Å². The van der Waals surface area contributed by atoms with Crippen molar-refractivity contribution in [1.29, 1.82) is 0 Å². The van der Waals surface area contributed by atoms with Gasteiger partial charge in [0.25, 0.3) is 0 Å². The predicted octanol–water partition coefficient (Wildman–Crippen LogP) is 3.16. The fraction of sp³-hybridized carbons (Fsp3) is 0.455. The quantitative estimate of drug-likeness (QED) is 0.771. The van der Waals surface area contributed by atoms with Crippen LogP contribution < -0.4 is 0 Å². The number of hydrogen-bond donors (Lipinski definition) is 1. The third-order valence-corrected chi connectivity index (χ3v) is 4.99. The standard InChI is InChI=1S/C22H28O5/c1-16-19(13-23)27-22(24-2)21(26-15-18-11-7-4-8-12-18)20(16)25-14-17-9-5-3-6-10-17/h3-12,16,19-23H,13-15H2,1-2H3. The molecule has 0 amide bonds. The number of aliphatic hydroxyl groups is 1. The molecule has 3 rings (SSSR count). The molecule has 0 saturated carbocycles. The summed E-state index contributed by atoms with van der Waals surface area (Å²) >= 11 is 0. The van der Waals surface area contributed by atoms with Gasteiger partial charge >= 0.3 is 0 Å². The highest BCUT2D eigenvalue weighted by Crippen LogP contribution is 2.31. The van der Waals surface area contributed by atoms with Crippen LogP contribution in [0.1, 0.15) is 18.1 Å². The van der Waals surface area contributed by atoms with E-state index in [1.165, 1.54) is 0 Å². The predicted molar refractivity (Wildman–Crippen MR) is 102 cm³/mol. The monoisotopic (exact) mass is 372 g/mol. The third-order valence-electron chi connectivity index (χ3n) is 4.99. The van der Waals surface area contributed by atoms with Crippen LogP contribution in [0.2, 0.25) is 0 Å². The number of methoxy groups -OCH3 is 1. The van der Waals surface area contributed by atoms with E-state index in [0.29, 0.717) is 13.2 Å². The summed E-state index contributed by atoms with van der Waals surface area (Å²) in [5, 5.41) is 9.70. The van der Waals surface area contributed by atoms with Crippen molar-refractivity contribution in [3.05, 3.63) is 71.8 Å². The van der Waals surface area contributed by atoms with Gasteiger partial charge < -0.3 is 24.1 Å². The van der Waals surface area contributed by atoms with Crippen molar-refractivity contribution >= 4 is 0 Å². The molecule has 5 heteroatoms. The fourth-order valence-electron chi connectivity index (χ4n) is 3.39. The average Bonchev–Trinajstić information content (AvgIpc) is 2.73. The molecule has 0 spiro atoms. The minimum atomic E-state index is -0.595. The molecule has 0 bridgehead atoms. The SMILES string of the molecule is COC1OC(CO)C(C)C(OCc2ccccc2)C1OCc1ccccc1. The maximum absolute atomic E-state index is 9.70. The molecule has 1 fully saturated rings. The van der Waals surface area contributed by atoms with Gasteiger partial charge in [0.1, 0.15) is 6.10 Å². The molecule has 1 aliphatic rings. The first-order chi connectivity index (χ1) is 13.2. The third kappa shape index (κ3) is 5.15. The lowest BCUT2D eigenvalue weighted by Gasteiger charge is -2.44. The van der Waals surface area contributed by atoms with Crippen molar-refractivity contribution in [1.82, 2.24) is 0 Å². The zero-order valence-electron chi connectivity index (χ0n) is 15.9. The Labute approximate surface area is 160 Å². The lowest BCUT2D eigenvalue weighted by atomic mass is 9.90. The van der Waals surface area contributed by atoms with Crippen LogP contribution in [-0.4, -0.2) is 43.4 Å². The molecule has 2 aromatic carbocycles. The number of ether oxygens (including phenoxy) is 4. The van der Waals surface area contributed by atoms with Gasteiger partial charge in [-0.05, 0) is 11.1 Å². The van der Waals surface area contributed by atoms with Crippen molar-refractivity contribution in [2.24, 2.45) is 5.92 Å². The molecule has 0 radical (unpaired) electrons. The summed E-state index contributed by atoms with van der Waals surface area (Å²) in [6.07, 6.45) is -1.60. The zero-order chi connectivity index (χ0) is 19.1. The molecule has 5 nitrogen and oxygen atoms in total. The van der Waals surface area contributed by atoms with Crippen LogP contribution in [-0.2, 0) is 32.2 Å². The van der Waals surface area contributed by atoms with E-state index in [0.717, 1.165) is 11.1 Å². The molecular formula is C22H28O5. The van der Waals surface area contributed by atoms with Gasteiger partial charge in [-0.3, -0.25) is 0 Å². The molecule has 1 aliphatic heterocycles. The molecule has 1 saturated heterocycles. The molecule has 27 heavy (non-hydrogen) atoms. The molecule has 2 aromatic rings. The molecule has 0 aliphatic carbocycles. The summed E-state index contributed by atoms with van der Waals surface area (Å²) in [6.45, 7) is 2.84. The van der Waals surface area contributed by atoms with Crippen molar-refractivity contribution < 1.29 is 24.1 Å². The maximum atomic E-state index is 9.70. The molecule has 5 atom stereocenters. The first-order valence-electron chi connectivity index (χ1n) is 9.33. The minimum Gasteiger partial charge on any atom is -0.394 e. The van der Waals surface area contributed by atoms with E-state index in [9.17, 15) is 5.11 Å². The Balaban J connectivity index is 1.73. The largest absolute Gasteiger partial charge is 0.394 e. The molecule has 146 valence electrons. The van der Waals surface area contributed by atoms with Crippen LogP contribution in [0.5, 0.6) is 0 Å². The van der Waals surface area contributed by atoms with Gasteiger partial charge in [0.15, 0.2) is 6.29 Å². The van der Waals surface area contributed by atoms with Gasteiger partial charge in [-0.25, -0.2) is 0 Å². The average molecular weight is 372 g/mol. The van der Waals surface area contributed by atoms with Crippen molar-refractivity contribution in [3.8, 4) is 0 Å². The zero-order valence-corrected chi connectivity index (χ0v) is 15.9. The van der Waals surface area contributed by atoms with Crippen molar-refractivity contribution in [3.63, 3.8) is 0 Å². The van der Waals surface area contributed by atoms with E-state index in [1.807, 2.05) is 67.6 Å². The highest BCUT2D eigenvalue weighted by atomic mass is 16.7. The van der Waals surface area contributed by atoms with Crippen LogP contribution in [0, 0.1) is 5.92 Å². The van der Waals surface area contributed by atoms with Crippen molar-refractivity contribution in [2.75, 3.05) is 13.7 Å². The lowest BCUT2D eigenvalue weighted by molar-refractivity contribution is -0.301. The van der Waals surface area contributed by atoms with Crippen LogP contribution >= 0.6 is 0 Å². The Kier molecular flexibility index (Phi) is 7.38. The van der Waals surface area contributed by atoms with Crippen LogP contribution in [0.25, 0.3) is 0 Å². The number of rotatable bonds is 8. The summed E-state index contributed by atoms with van der Waals surface area (Å²) in [4.78, 5) is 0. The fourth-order valence-corrected chi connectivity index (χ4v) is 3.39.